The van der Waals surface area contributed by atoms with E-state index < -0.39 is 0 Å². The van der Waals surface area contributed by atoms with E-state index >= 15 is 0 Å². The molecule has 0 aliphatic carbocycles. The van der Waals surface area contributed by atoms with Crippen LogP contribution in [-0.4, -0.2) is 15.9 Å². The van der Waals surface area contributed by atoms with Gasteiger partial charge in [-0.15, -0.1) is 0 Å². The first kappa shape index (κ1) is 10.2. The van der Waals surface area contributed by atoms with Gasteiger partial charge >= 0.3 is 0 Å². The van der Waals surface area contributed by atoms with Crippen molar-refractivity contribution in [2.75, 3.05) is 5.73 Å². The van der Waals surface area contributed by atoms with Gasteiger partial charge in [-0.2, -0.15) is 4.98 Å². The van der Waals surface area contributed by atoms with Gasteiger partial charge in [0, 0.05) is 6.20 Å². The molecule has 2 heterocycles. The molecule has 2 aromatic rings. The average molecular weight is 218 g/mol. The van der Waals surface area contributed by atoms with Crippen LogP contribution in [-0.2, 0) is 6.54 Å². The minimum Gasteiger partial charge on any atom is -0.431 e. The second-order valence-corrected chi connectivity index (χ2v) is 3.07. The second kappa shape index (κ2) is 4.43. The zero-order valence-electron chi connectivity index (χ0n) is 8.38. The van der Waals surface area contributed by atoms with E-state index in [9.17, 15) is 4.79 Å². The normalized spacial score (nSPS) is 10.0. The van der Waals surface area contributed by atoms with Crippen LogP contribution in [0.5, 0.6) is 0 Å². The van der Waals surface area contributed by atoms with Crippen molar-refractivity contribution >= 4 is 11.9 Å². The van der Waals surface area contributed by atoms with Gasteiger partial charge in [-0.05, 0) is 12.1 Å². The van der Waals surface area contributed by atoms with E-state index in [2.05, 4.69) is 15.3 Å². The Hall–Kier alpha value is -2.37. The van der Waals surface area contributed by atoms with Gasteiger partial charge in [0.15, 0.2) is 5.69 Å². The van der Waals surface area contributed by atoms with E-state index in [1.807, 2.05) is 18.2 Å². The molecule has 6 nitrogen and oxygen atoms in total. The van der Waals surface area contributed by atoms with Gasteiger partial charge in [-0.3, -0.25) is 9.78 Å². The minimum absolute atomic E-state index is 0.0250. The Morgan fingerprint density at radius 2 is 2.38 bits per heavy atom. The van der Waals surface area contributed by atoms with Crippen molar-refractivity contribution in [3.8, 4) is 0 Å². The highest BCUT2D eigenvalue weighted by atomic mass is 16.4. The molecule has 0 radical (unpaired) electrons. The summed E-state index contributed by atoms with van der Waals surface area (Å²) in [6, 6.07) is 5.45. The molecular weight excluding hydrogens is 208 g/mol. The summed E-state index contributed by atoms with van der Waals surface area (Å²) in [4.78, 5) is 19.3. The Morgan fingerprint density at radius 1 is 1.50 bits per heavy atom. The zero-order valence-corrected chi connectivity index (χ0v) is 8.38. The summed E-state index contributed by atoms with van der Waals surface area (Å²) in [5, 5.41) is 2.65. The number of nitrogen functional groups attached to an aromatic ring is 1. The zero-order chi connectivity index (χ0) is 11.4. The molecule has 1 amide bonds. The van der Waals surface area contributed by atoms with Crippen LogP contribution in [0.15, 0.2) is 35.1 Å². The van der Waals surface area contributed by atoms with Crippen molar-refractivity contribution in [2.45, 2.75) is 6.54 Å². The lowest BCUT2D eigenvalue weighted by Gasteiger charge is -2.01. The highest BCUT2D eigenvalue weighted by molar-refractivity contribution is 5.92. The molecule has 0 fully saturated rings. The molecule has 16 heavy (non-hydrogen) atoms. The number of carbonyl (C=O) groups is 1. The summed E-state index contributed by atoms with van der Waals surface area (Å²) in [7, 11) is 0. The Kier molecular flexibility index (Phi) is 2.81. The molecular formula is C10H10N4O2. The van der Waals surface area contributed by atoms with Crippen LogP contribution in [0.2, 0.25) is 0 Å². The molecule has 0 unspecified atom stereocenters. The smallest absolute Gasteiger partial charge is 0.292 e. The van der Waals surface area contributed by atoms with Gasteiger partial charge in [0.1, 0.15) is 6.26 Å². The molecule has 0 saturated heterocycles. The largest absolute Gasteiger partial charge is 0.431 e. The topological polar surface area (TPSA) is 94.0 Å². The van der Waals surface area contributed by atoms with Crippen LogP contribution in [0.4, 0.5) is 6.01 Å². The predicted molar refractivity (Wildman–Crippen MR) is 56.3 cm³/mol. The van der Waals surface area contributed by atoms with Gasteiger partial charge in [0.05, 0.1) is 12.2 Å². The lowest BCUT2D eigenvalue weighted by Crippen LogP contribution is -2.23. The number of aromatic nitrogens is 2. The van der Waals surface area contributed by atoms with Crippen LogP contribution in [0.1, 0.15) is 16.2 Å². The van der Waals surface area contributed by atoms with Crippen LogP contribution in [0.25, 0.3) is 0 Å². The summed E-state index contributed by atoms with van der Waals surface area (Å²) >= 11 is 0. The SMILES string of the molecule is Nc1nc(C(=O)NCc2ccccn2)co1. The van der Waals surface area contributed by atoms with Crippen molar-refractivity contribution in [2.24, 2.45) is 0 Å². The van der Waals surface area contributed by atoms with E-state index in [1.165, 1.54) is 6.26 Å². The minimum atomic E-state index is -0.342. The number of nitrogens with two attached hydrogens (primary N) is 1. The fourth-order valence-corrected chi connectivity index (χ4v) is 1.16. The number of hydrogen-bond donors (Lipinski definition) is 2. The lowest BCUT2D eigenvalue weighted by molar-refractivity contribution is 0.0945. The molecule has 0 aromatic carbocycles. The number of nitrogens with one attached hydrogen (secondary N) is 1. The number of oxazole rings is 1. The fraction of sp³-hybridized carbons (Fsp3) is 0.100. The third kappa shape index (κ3) is 2.35. The summed E-state index contributed by atoms with van der Waals surface area (Å²) in [5.41, 5.74) is 6.18. The maximum Gasteiger partial charge on any atom is 0.292 e. The maximum atomic E-state index is 11.5. The molecule has 2 rings (SSSR count). The number of rotatable bonds is 3. The van der Waals surface area contributed by atoms with Crippen molar-refractivity contribution in [1.29, 1.82) is 0 Å². The number of hydrogen-bond acceptors (Lipinski definition) is 5. The third-order valence-corrected chi connectivity index (χ3v) is 1.91. The second-order valence-electron chi connectivity index (χ2n) is 3.07. The maximum absolute atomic E-state index is 11.5. The van der Waals surface area contributed by atoms with Crippen molar-refractivity contribution in [3.63, 3.8) is 0 Å². The number of pyridine rings is 1. The highest BCUT2D eigenvalue weighted by Crippen LogP contribution is 2.02. The van der Waals surface area contributed by atoms with E-state index in [0.29, 0.717) is 6.54 Å². The van der Waals surface area contributed by atoms with Crippen molar-refractivity contribution in [1.82, 2.24) is 15.3 Å². The molecule has 6 heteroatoms. The lowest BCUT2D eigenvalue weighted by atomic mass is 10.3. The first-order chi connectivity index (χ1) is 7.75. The van der Waals surface area contributed by atoms with Gasteiger partial charge in [-0.1, -0.05) is 6.07 Å². The molecule has 0 atom stereocenters. The summed E-state index contributed by atoms with van der Waals surface area (Å²) in [6.07, 6.45) is 2.87. The van der Waals surface area contributed by atoms with Crippen LogP contribution in [0, 0.1) is 0 Å². The Labute approximate surface area is 91.5 Å². The molecule has 3 N–H and O–H groups in total. The first-order valence-electron chi connectivity index (χ1n) is 4.65. The molecule has 0 bridgehead atoms. The Balaban J connectivity index is 1.94. The third-order valence-electron chi connectivity index (χ3n) is 1.91. The molecule has 0 aliphatic rings. The molecule has 0 spiro atoms. The van der Waals surface area contributed by atoms with Gasteiger partial charge in [-0.25, -0.2) is 0 Å². The molecule has 82 valence electrons. The van der Waals surface area contributed by atoms with Crippen molar-refractivity contribution in [3.05, 3.63) is 42.0 Å². The van der Waals surface area contributed by atoms with E-state index in [1.54, 1.807) is 6.20 Å². The first-order valence-corrected chi connectivity index (χ1v) is 4.65. The molecule has 0 saturated carbocycles. The van der Waals surface area contributed by atoms with Gasteiger partial charge < -0.3 is 15.5 Å². The fourth-order valence-electron chi connectivity index (χ4n) is 1.16. The van der Waals surface area contributed by atoms with Gasteiger partial charge in [0.25, 0.3) is 11.9 Å². The quantitative estimate of drug-likeness (QED) is 0.785. The van der Waals surface area contributed by atoms with E-state index in [0.717, 1.165) is 5.69 Å². The van der Waals surface area contributed by atoms with E-state index in [4.69, 9.17) is 10.2 Å². The predicted octanol–water partition coefficient (Wildman–Crippen LogP) is 0.582. The molecule has 0 aliphatic heterocycles. The van der Waals surface area contributed by atoms with E-state index in [-0.39, 0.29) is 17.6 Å². The summed E-state index contributed by atoms with van der Waals surface area (Å²) in [6.45, 7) is 0.340. The van der Waals surface area contributed by atoms with Crippen LogP contribution >= 0.6 is 0 Å². The van der Waals surface area contributed by atoms with Crippen LogP contribution < -0.4 is 11.1 Å². The number of nitrogens with zero attached hydrogens (tertiary/aromatic N) is 2. The number of carbonyl (C=O) groups excluding carboxylic acids is 1. The average Bonchev–Trinajstić information content (AvgIpc) is 2.74. The highest BCUT2D eigenvalue weighted by Gasteiger charge is 2.10. The summed E-state index contributed by atoms with van der Waals surface area (Å²) in [5.74, 6) is -0.342. The molecule has 2 aromatic heterocycles. The number of anilines is 1. The number of amides is 1. The summed E-state index contributed by atoms with van der Waals surface area (Å²) < 4.78 is 4.73. The van der Waals surface area contributed by atoms with Crippen LogP contribution in [0.3, 0.4) is 0 Å². The Bertz CT molecular complexity index is 481. The Morgan fingerprint density at radius 3 is 3.00 bits per heavy atom. The standard InChI is InChI=1S/C10H10N4O2/c11-10-14-8(6-16-10)9(15)13-5-7-3-1-2-4-12-7/h1-4,6H,5H2,(H2,11,14)(H,13,15). The monoisotopic (exact) mass is 218 g/mol. The van der Waals surface area contributed by atoms with Crippen molar-refractivity contribution < 1.29 is 9.21 Å². The van der Waals surface area contributed by atoms with Gasteiger partial charge in [0.2, 0.25) is 0 Å².